The van der Waals surface area contributed by atoms with Crippen molar-refractivity contribution in [2.24, 2.45) is 0 Å². The van der Waals surface area contributed by atoms with Gasteiger partial charge in [-0.1, -0.05) is 173 Å². The van der Waals surface area contributed by atoms with Gasteiger partial charge in [-0.25, -0.2) is 0 Å². The number of fused-ring (bicyclic) bond motifs is 10. The number of rotatable bonds is 8. The Morgan fingerprint density at radius 3 is 0.908 bits per heavy atom. The molecule has 2 aliphatic heterocycles. The number of anilines is 12. The van der Waals surface area contributed by atoms with Crippen molar-refractivity contribution in [1.82, 2.24) is 0 Å². The lowest BCUT2D eigenvalue weighted by Crippen LogP contribution is -2.31. The Balaban J connectivity index is 0.914. The average Bonchev–Trinajstić information content (AvgIpc) is 3.50. The monoisotopic (exact) mass is 976 g/mol. The Morgan fingerprint density at radius 1 is 0.237 bits per heavy atom. The molecule has 2 heterocycles. The summed E-state index contributed by atoms with van der Waals surface area (Å²) in [6.45, 7) is 9.50. The Kier molecular flexibility index (Phi) is 10.5. The van der Waals surface area contributed by atoms with Crippen LogP contribution in [0.5, 0.6) is 0 Å². The number of benzene rings is 12. The fourth-order valence-electron chi connectivity index (χ4n) is 12.6. The van der Waals surface area contributed by atoms with E-state index in [0.29, 0.717) is 0 Å². The lowest BCUT2D eigenvalue weighted by molar-refractivity contribution is 0.632. The van der Waals surface area contributed by atoms with E-state index in [0.717, 1.165) is 45.5 Å². The van der Waals surface area contributed by atoms with Gasteiger partial charge in [0.1, 0.15) is 0 Å². The molecule has 0 N–H and O–H groups in total. The molecule has 0 unspecified atom stereocenters. The summed E-state index contributed by atoms with van der Waals surface area (Å²) in [5.74, 6) is 0. The van der Waals surface area contributed by atoms with Crippen LogP contribution in [0.2, 0.25) is 0 Å². The summed E-state index contributed by atoms with van der Waals surface area (Å²) in [4.78, 5) is 9.72. The van der Waals surface area contributed by atoms with Crippen LogP contribution in [0.15, 0.2) is 267 Å². The Labute approximate surface area is 445 Å². The molecule has 76 heavy (non-hydrogen) atoms. The lowest BCUT2D eigenvalue weighted by Gasteiger charge is -2.43. The summed E-state index contributed by atoms with van der Waals surface area (Å²) in [5.41, 5.74) is 18.4. The molecule has 14 rings (SSSR count). The number of hydrogen-bond acceptors (Lipinski definition) is 4. The summed E-state index contributed by atoms with van der Waals surface area (Å²) in [6.07, 6.45) is 0. The number of hydrogen-bond donors (Lipinski definition) is 0. The van der Waals surface area contributed by atoms with Gasteiger partial charge >= 0.3 is 0 Å². The molecule has 12 aromatic carbocycles. The van der Waals surface area contributed by atoms with Gasteiger partial charge in [-0.05, 0) is 176 Å². The van der Waals surface area contributed by atoms with Gasteiger partial charge in [0.25, 0.3) is 0 Å². The molecule has 0 saturated carbocycles. The van der Waals surface area contributed by atoms with Gasteiger partial charge in [-0.15, -0.1) is 0 Å². The van der Waals surface area contributed by atoms with E-state index in [2.05, 4.69) is 314 Å². The van der Waals surface area contributed by atoms with Gasteiger partial charge in [0.15, 0.2) is 0 Å². The lowest BCUT2D eigenvalue weighted by atomic mass is 9.73. The summed E-state index contributed by atoms with van der Waals surface area (Å²) in [7, 11) is 0. The van der Waals surface area contributed by atoms with E-state index < -0.39 is 0 Å². The maximum atomic E-state index is 2.49. The van der Waals surface area contributed by atoms with Gasteiger partial charge in [-0.3, -0.25) is 0 Å². The molecule has 0 radical (unpaired) electrons. The molecule has 12 aromatic rings. The molecule has 0 bridgehead atoms. The van der Waals surface area contributed by atoms with Crippen LogP contribution in [0.3, 0.4) is 0 Å². The first-order chi connectivity index (χ1) is 37.2. The SMILES string of the molecule is CC1(C)c2ccccc2N(c2ccc3c4ccc(N5c6ccccc6C(C)(C)c6cc(N(c7ccccc7)c7ccccc7)ccc65)cc4c4ccccc4c3c2)c2ccc(N(c3ccccc3)c3ccccc3)cc21. The van der Waals surface area contributed by atoms with Crippen LogP contribution in [0.4, 0.5) is 68.2 Å². The van der Waals surface area contributed by atoms with Crippen LogP contribution < -0.4 is 19.6 Å². The van der Waals surface area contributed by atoms with Gasteiger partial charge < -0.3 is 19.6 Å². The zero-order valence-corrected chi connectivity index (χ0v) is 43.2. The predicted molar refractivity (Wildman–Crippen MR) is 322 cm³/mol. The molecule has 364 valence electrons. The summed E-state index contributed by atoms with van der Waals surface area (Å²) in [6, 6.07) is 98.1. The van der Waals surface area contributed by atoms with E-state index in [9.17, 15) is 0 Å². The third-order valence-corrected chi connectivity index (χ3v) is 16.3. The highest BCUT2D eigenvalue weighted by Gasteiger charge is 2.39. The highest BCUT2D eigenvalue weighted by molar-refractivity contribution is 6.26. The van der Waals surface area contributed by atoms with Crippen molar-refractivity contribution < 1.29 is 0 Å². The predicted octanol–water partition coefficient (Wildman–Crippen LogP) is 20.3. The second-order valence-electron chi connectivity index (χ2n) is 21.4. The van der Waals surface area contributed by atoms with E-state index >= 15 is 0 Å². The molecular formula is C72H56N4. The summed E-state index contributed by atoms with van der Waals surface area (Å²) in [5, 5.41) is 7.41. The maximum absolute atomic E-state index is 2.49. The van der Waals surface area contributed by atoms with Crippen LogP contribution in [0.1, 0.15) is 49.9 Å². The van der Waals surface area contributed by atoms with Crippen molar-refractivity contribution >= 4 is 101 Å². The maximum Gasteiger partial charge on any atom is 0.0504 e. The van der Waals surface area contributed by atoms with Gasteiger partial charge in [-0.2, -0.15) is 0 Å². The molecule has 0 spiro atoms. The standard InChI is InChI=1S/C72H56N4/c1-71(2)63-33-19-21-35-67(63)75(69-43-39-55(47-65(69)71)73(49-23-9-5-10-24-49)50-25-11-6-12-26-50)53-37-41-59-60-42-38-54(46-62(60)58-32-18-17-31-57(58)61(59)45-53)76-68-36-22-20-34-64(68)72(3,4)66-48-56(40-44-70(66)76)74(51-27-13-7-14-28-51)52-29-15-8-16-30-52/h5-48H,1-4H3. The van der Waals surface area contributed by atoms with Crippen LogP contribution in [-0.2, 0) is 10.8 Å². The van der Waals surface area contributed by atoms with Gasteiger partial charge in [0.2, 0.25) is 0 Å². The highest BCUT2D eigenvalue weighted by Crippen LogP contribution is 2.56. The number of para-hydroxylation sites is 6. The Bertz CT molecular complexity index is 3820. The number of nitrogens with zero attached hydrogens (tertiary/aromatic N) is 4. The second kappa shape index (κ2) is 17.6. The smallest absolute Gasteiger partial charge is 0.0504 e. The summed E-state index contributed by atoms with van der Waals surface area (Å²) < 4.78 is 0. The zero-order valence-electron chi connectivity index (χ0n) is 43.2. The zero-order chi connectivity index (χ0) is 51.1. The fraction of sp³-hybridized carbons (Fsp3) is 0.0833. The van der Waals surface area contributed by atoms with Crippen LogP contribution in [0, 0.1) is 0 Å². The van der Waals surface area contributed by atoms with E-state index in [1.807, 2.05) is 0 Å². The molecule has 0 saturated heterocycles. The largest absolute Gasteiger partial charge is 0.310 e. The quantitative estimate of drug-likeness (QED) is 0.141. The second-order valence-corrected chi connectivity index (χ2v) is 21.4. The first kappa shape index (κ1) is 45.3. The van der Waals surface area contributed by atoms with E-state index in [4.69, 9.17) is 0 Å². The molecule has 4 heteroatoms. The topological polar surface area (TPSA) is 13.0 Å². The van der Waals surface area contributed by atoms with Crippen molar-refractivity contribution in [1.29, 1.82) is 0 Å². The van der Waals surface area contributed by atoms with Gasteiger partial charge in [0, 0.05) is 56.3 Å². The fourth-order valence-corrected chi connectivity index (χ4v) is 12.6. The molecule has 0 aliphatic carbocycles. The Morgan fingerprint density at radius 2 is 0.539 bits per heavy atom. The third kappa shape index (κ3) is 7.12. The average molecular weight is 977 g/mol. The molecule has 0 amide bonds. The minimum absolute atomic E-state index is 0.271. The van der Waals surface area contributed by atoms with E-state index in [1.54, 1.807) is 0 Å². The molecule has 4 nitrogen and oxygen atoms in total. The molecule has 0 atom stereocenters. The minimum Gasteiger partial charge on any atom is -0.310 e. The minimum atomic E-state index is -0.271. The van der Waals surface area contributed by atoms with Crippen molar-refractivity contribution in [3.05, 3.63) is 289 Å². The molecule has 0 aromatic heterocycles. The van der Waals surface area contributed by atoms with Crippen molar-refractivity contribution in [3.8, 4) is 0 Å². The molecule has 2 aliphatic rings. The van der Waals surface area contributed by atoms with Crippen LogP contribution in [-0.4, -0.2) is 0 Å². The van der Waals surface area contributed by atoms with E-state index in [1.165, 1.54) is 77.3 Å². The van der Waals surface area contributed by atoms with Crippen LogP contribution in [0.25, 0.3) is 32.3 Å². The normalized spacial score (nSPS) is 13.9. The van der Waals surface area contributed by atoms with Crippen molar-refractivity contribution in [2.45, 2.75) is 38.5 Å². The highest BCUT2D eigenvalue weighted by atomic mass is 15.2. The molecule has 0 fully saturated rings. The third-order valence-electron chi connectivity index (χ3n) is 16.3. The summed E-state index contributed by atoms with van der Waals surface area (Å²) >= 11 is 0. The van der Waals surface area contributed by atoms with Crippen molar-refractivity contribution in [3.63, 3.8) is 0 Å². The van der Waals surface area contributed by atoms with Gasteiger partial charge in [0.05, 0.1) is 22.7 Å². The van der Waals surface area contributed by atoms with Crippen LogP contribution >= 0.6 is 0 Å². The first-order valence-electron chi connectivity index (χ1n) is 26.5. The van der Waals surface area contributed by atoms with Crippen molar-refractivity contribution in [2.75, 3.05) is 19.6 Å². The van der Waals surface area contributed by atoms with E-state index in [-0.39, 0.29) is 10.8 Å². The Hall–Kier alpha value is -9.38. The first-order valence-corrected chi connectivity index (χ1v) is 26.5. The molecular weight excluding hydrogens is 921 g/mol.